The highest BCUT2D eigenvalue weighted by molar-refractivity contribution is 6.45. The third kappa shape index (κ3) is 2.84. The molecule has 0 unspecified atom stereocenters. The molecule has 1 spiro atoms. The molecule has 0 saturated heterocycles. The van der Waals surface area contributed by atoms with E-state index >= 15 is 0 Å². The highest BCUT2D eigenvalue weighted by Crippen LogP contribution is 2.59. The molecule has 37 heavy (non-hydrogen) atoms. The van der Waals surface area contributed by atoms with Gasteiger partial charge in [-0.2, -0.15) is 0 Å². The number of fused-ring (bicyclic) bond motifs is 9. The van der Waals surface area contributed by atoms with Crippen molar-refractivity contribution in [3.05, 3.63) is 113 Å². The number of aromatic nitrogens is 2. The number of imidazole rings is 1. The maximum Gasteiger partial charge on any atom is 0.376 e. The monoisotopic (exact) mass is 483 g/mol. The molecule has 2 heterocycles. The molecule has 181 valence electrons. The zero-order chi connectivity index (χ0) is 25.6. The Bertz CT molecular complexity index is 1660. The third-order valence-corrected chi connectivity index (χ3v) is 8.54. The van der Waals surface area contributed by atoms with Crippen LogP contribution in [0.2, 0.25) is 0 Å². The fourth-order valence-electron chi connectivity index (χ4n) is 6.06. The number of rotatable bonds is 4. The normalized spacial score (nSPS) is 14.9. The van der Waals surface area contributed by atoms with Crippen molar-refractivity contribution in [2.24, 2.45) is 0 Å². The summed E-state index contributed by atoms with van der Waals surface area (Å²) in [6, 6.07) is 32.7. The highest BCUT2D eigenvalue weighted by atomic mass is 16.5. The first-order valence-electron chi connectivity index (χ1n) is 12.8. The van der Waals surface area contributed by atoms with E-state index in [1.807, 2.05) is 13.8 Å². The van der Waals surface area contributed by atoms with Gasteiger partial charge >= 0.3 is 7.48 Å². The first-order chi connectivity index (χ1) is 17.7. The Kier molecular flexibility index (Phi) is 4.53. The van der Waals surface area contributed by atoms with Gasteiger partial charge in [0.15, 0.2) is 0 Å². The van der Waals surface area contributed by atoms with Crippen LogP contribution in [0.1, 0.15) is 49.9 Å². The van der Waals surface area contributed by atoms with Crippen LogP contribution in [0.15, 0.2) is 91.0 Å². The van der Waals surface area contributed by atoms with Gasteiger partial charge in [-0.25, -0.2) is 4.98 Å². The smallest absolute Gasteiger partial charge is 0.376 e. The Balaban J connectivity index is 1.55. The van der Waals surface area contributed by atoms with Crippen LogP contribution in [0.5, 0.6) is 0 Å². The van der Waals surface area contributed by atoms with Gasteiger partial charge in [-0.15, -0.1) is 0 Å². The summed E-state index contributed by atoms with van der Waals surface area (Å²) in [6.45, 7) is 7.31. The van der Waals surface area contributed by atoms with Crippen LogP contribution in [0.25, 0.3) is 27.8 Å². The fourth-order valence-corrected chi connectivity index (χ4v) is 6.06. The molecule has 0 saturated carbocycles. The average molecular weight is 483 g/mol. The summed E-state index contributed by atoms with van der Waals surface area (Å²) >= 11 is 0. The van der Waals surface area contributed by atoms with Crippen molar-refractivity contribution in [3.8, 4) is 16.8 Å². The van der Waals surface area contributed by atoms with E-state index in [1.54, 1.807) is 21.3 Å². The SMILES string of the molecule is CC(C)(O)C(C)(C)O[B]c1nc2cccc3c2n1-c1ccccc1C31c2ccccc2-c2ccccc21. The number of hydrogen-bond acceptors (Lipinski definition) is 3. The molecule has 1 aliphatic heterocycles. The molecule has 4 nitrogen and oxygen atoms in total. The lowest BCUT2D eigenvalue weighted by molar-refractivity contribution is -0.0894. The lowest BCUT2D eigenvalue weighted by atomic mass is 9.65. The van der Waals surface area contributed by atoms with Gasteiger partial charge in [0.05, 0.1) is 33.3 Å². The molecular formula is C32H28BN2O2. The van der Waals surface area contributed by atoms with E-state index in [0.29, 0.717) is 5.72 Å². The fraction of sp³-hybridized carbons (Fsp3) is 0.219. The summed E-state index contributed by atoms with van der Waals surface area (Å²) in [5, 5.41) is 10.7. The number of aliphatic hydroxyl groups is 1. The second-order valence-electron chi connectivity index (χ2n) is 11.1. The standard InChI is InChI=1S/C32H28BN2O2/c1-30(2,36)31(3,4)37-33-29-34-26-18-11-17-25-28(26)35(29)27-19-10-9-16-24(27)32(25)22-14-7-5-12-20(22)21-13-6-8-15-23(21)32/h5-19,36H,1-4H3. The van der Waals surface area contributed by atoms with Crippen molar-refractivity contribution >= 4 is 24.2 Å². The molecule has 0 fully saturated rings. The van der Waals surface area contributed by atoms with Crippen LogP contribution in [0, 0.1) is 0 Å². The molecular weight excluding hydrogens is 455 g/mol. The minimum absolute atomic E-state index is 0.441. The van der Waals surface area contributed by atoms with Gasteiger partial charge in [0.1, 0.15) is 5.72 Å². The topological polar surface area (TPSA) is 47.3 Å². The van der Waals surface area contributed by atoms with Gasteiger partial charge in [-0.1, -0.05) is 78.9 Å². The summed E-state index contributed by atoms with van der Waals surface area (Å²) in [6.07, 6.45) is 0. The van der Waals surface area contributed by atoms with Crippen molar-refractivity contribution in [1.29, 1.82) is 0 Å². The predicted octanol–water partition coefficient (Wildman–Crippen LogP) is 5.51. The molecule has 4 aromatic carbocycles. The Morgan fingerprint density at radius 3 is 1.95 bits per heavy atom. The molecule has 1 radical (unpaired) electrons. The molecule has 1 aromatic heterocycles. The quantitative estimate of drug-likeness (QED) is 0.336. The van der Waals surface area contributed by atoms with E-state index in [0.717, 1.165) is 16.7 Å². The maximum atomic E-state index is 10.7. The minimum Gasteiger partial charge on any atom is -0.424 e. The number of nitrogens with zero attached hydrogens (tertiary/aromatic N) is 2. The van der Waals surface area contributed by atoms with Crippen molar-refractivity contribution < 1.29 is 9.76 Å². The summed E-state index contributed by atoms with van der Waals surface area (Å²) in [7, 11) is 1.70. The molecule has 1 N–H and O–H groups in total. The number of benzene rings is 4. The van der Waals surface area contributed by atoms with Gasteiger partial charge in [0.25, 0.3) is 0 Å². The molecule has 0 atom stereocenters. The number of hydrogen-bond donors (Lipinski definition) is 1. The largest absolute Gasteiger partial charge is 0.424 e. The van der Waals surface area contributed by atoms with E-state index in [1.165, 1.54) is 33.4 Å². The second-order valence-corrected chi connectivity index (χ2v) is 11.1. The number of para-hydroxylation sites is 2. The maximum absolute atomic E-state index is 10.7. The van der Waals surface area contributed by atoms with Crippen LogP contribution < -0.4 is 5.72 Å². The first-order valence-corrected chi connectivity index (χ1v) is 12.8. The van der Waals surface area contributed by atoms with Crippen LogP contribution >= 0.6 is 0 Å². The van der Waals surface area contributed by atoms with Crippen molar-refractivity contribution in [2.75, 3.05) is 0 Å². The van der Waals surface area contributed by atoms with Crippen LogP contribution in [-0.4, -0.2) is 33.3 Å². The van der Waals surface area contributed by atoms with Crippen LogP contribution in [0.3, 0.4) is 0 Å². The van der Waals surface area contributed by atoms with Crippen LogP contribution in [0.4, 0.5) is 0 Å². The molecule has 1 aliphatic carbocycles. The van der Waals surface area contributed by atoms with Gasteiger partial charge in [0.2, 0.25) is 0 Å². The van der Waals surface area contributed by atoms with Crippen LogP contribution in [-0.2, 0) is 10.1 Å². The molecule has 0 bridgehead atoms. The van der Waals surface area contributed by atoms with E-state index in [9.17, 15) is 5.11 Å². The lowest BCUT2D eigenvalue weighted by Gasteiger charge is -2.40. The predicted molar refractivity (Wildman–Crippen MR) is 149 cm³/mol. The molecule has 5 heteroatoms. The van der Waals surface area contributed by atoms with E-state index in [2.05, 4.69) is 95.6 Å². The zero-order valence-electron chi connectivity index (χ0n) is 21.5. The van der Waals surface area contributed by atoms with Crippen molar-refractivity contribution in [2.45, 2.75) is 44.3 Å². The van der Waals surface area contributed by atoms with E-state index in [4.69, 9.17) is 9.64 Å². The summed E-state index contributed by atoms with van der Waals surface area (Å²) < 4.78 is 8.42. The van der Waals surface area contributed by atoms with Crippen molar-refractivity contribution in [3.63, 3.8) is 0 Å². The summed E-state index contributed by atoms with van der Waals surface area (Å²) in [4.78, 5) is 5.04. The van der Waals surface area contributed by atoms with Gasteiger partial charge in [-0.3, -0.25) is 0 Å². The summed E-state index contributed by atoms with van der Waals surface area (Å²) in [5.41, 5.74) is 9.14. The Morgan fingerprint density at radius 1 is 0.730 bits per heavy atom. The lowest BCUT2D eigenvalue weighted by Crippen LogP contribution is -2.50. The van der Waals surface area contributed by atoms with E-state index in [-0.39, 0.29) is 0 Å². The van der Waals surface area contributed by atoms with Crippen molar-refractivity contribution in [1.82, 2.24) is 9.55 Å². The first kappa shape index (κ1) is 22.5. The highest BCUT2D eigenvalue weighted by Gasteiger charge is 2.50. The Hall–Kier alpha value is -3.67. The Labute approximate surface area is 217 Å². The van der Waals surface area contributed by atoms with Gasteiger partial charge < -0.3 is 14.3 Å². The van der Waals surface area contributed by atoms with Gasteiger partial charge in [0, 0.05) is 0 Å². The van der Waals surface area contributed by atoms with E-state index < -0.39 is 16.6 Å². The summed E-state index contributed by atoms with van der Waals surface area (Å²) in [5.74, 6) is 0. The second kappa shape index (κ2) is 7.44. The molecule has 7 rings (SSSR count). The average Bonchev–Trinajstić information content (AvgIpc) is 3.41. The van der Waals surface area contributed by atoms with Gasteiger partial charge in [-0.05, 0) is 73.2 Å². The Morgan fingerprint density at radius 2 is 1.30 bits per heavy atom. The molecule has 5 aromatic rings. The minimum atomic E-state index is -1.03. The molecule has 0 amide bonds. The zero-order valence-corrected chi connectivity index (χ0v) is 21.5. The molecule has 2 aliphatic rings. The third-order valence-electron chi connectivity index (χ3n) is 8.54.